The van der Waals surface area contributed by atoms with Gasteiger partial charge >= 0.3 is 0 Å². The minimum atomic E-state index is -3.75. The summed E-state index contributed by atoms with van der Waals surface area (Å²) in [4.78, 5) is 12.4. The van der Waals surface area contributed by atoms with E-state index in [9.17, 15) is 13.2 Å². The summed E-state index contributed by atoms with van der Waals surface area (Å²) in [7, 11) is -3.75. The molecule has 0 spiro atoms. The third-order valence-electron chi connectivity index (χ3n) is 4.48. The van der Waals surface area contributed by atoms with Crippen molar-refractivity contribution in [3.63, 3.8) is 0 Å². The monoisotopic (exact) mass is 404 g/mol. The molecule has 8 heteroatoms. The quantitative estimate of drug-likeness (QED) is 0.737. The van der Waals surface area contributed by atoms with Crippen molar-refractivity contribution < 1.29 is 22.7 Å². The van der Waals surface area contributed by atoms with E-state index in [1.165, 1.54) is 12.1 Å². The van der Waals surface area contributed by atoms with Crippen molar-refractivity contribution in [1.29, 1.82) is 0 Å². The zero-order valence-electron chi connectivity index (χ0n) is 15.5. The van der Waals surface area contributed by atoms with Gasteiger partial charge in [0.1, 0.15) is 12.4 Å². The van der Waals surface area contributed by atoms with Crippen LogP contribution in [0, 0.1) is 0 Å². The Morgan fingerprint density at radius 3 is 2.57 bits per heavy atom. The number of benzene rings is 2. The first-order valence-corrected chi connectivity index (χ1v) is 10.7. The van der Waals surface area contributed by atoms with Crippen LogP contribution in [0.15, 0.2) is 53.4 Å². The lowest BCUT2D eigenvalue weighted by molar-refractivity contribution is -0.115. The van der Waals surface area contributed by atoms with Gasteiger partial charge in [-0.1, -0.05) is 24.3 Å². The molecule has 3 rings (SSSR count). The molecule has 28 heavy (non-hydrogen) atoms. The number of nitrogens with two attached hydrogens (primary N) is 1. The highest BCUT2D eigenvalue weighted by molar-refractivity contribution is 7.89. The number of anilines is 1. The van der Waals surface area contributed by atoms with Gasteiger partial charge in [-0.15, -0.1) is 0 Å². The van der Waals surface area contributed by atoms with E-state index in [0.29, 0.717) is 23.6 Å². The average Bonchev–Trinajstić information content (AvgIpc) is 2.68. The van der Waals surface area contributed by atoms with Crippen LogP contribution in [-0.4, -0.2) is 33.6 Å². The predicted octanol–water partition coefficient (Wildman–Crippen LogP) is 2.46. The highest BCUT2D eigenvalue weighted by Crippen LogP contribution is 2.25. The predicted molar refractivity (Wildman–Crippen MR) is 106 cm³/mol. The summed E-state index contributed by atoms with van der Waals surface area (Å²) in [6.07, 6.45) is 3.38. The lowest BCUT2D eigenvalue weighted by Crippen LogP contribution is -2.26. The molecule has 150 valence electrons. The van der Waals surface area contributed by atoms with Crippen LogP contribution in [0.3, 0.4) is 0 Å². The maximum Gasteiger partial charge on any atom is 0.238 e. The SMILES string of the molecule is NS(=O)(=O)c1ccc(CC(=O)Nc2ccccc2OCC2CCCCO2)cc1. The van der Waals surface area contributed by atoms with Crippen molar-refractivity contribution in [2.24, 2.45) is 5.14 Å². The van der Waals surface area contributed by atoms with Crippen LogP contribution in [0.4, 0.5) is 5.69 Å². The van der Waals surface area contributed by atoms with E-state index in [4.69, 9.17) is 14.6 Å². The molecule has 1 atom stereocenters. The van der Waals surface area contributed by atoms with E-state index in [1.54, 1.807) is 24.3 Å². The number of carbonyl (C=O) groups excluding carboxylic acids is 1. The van der Waals surface area contributed by atoms with Crippen LogP contribution in [0.5, 0.6) is 5.75 Å². The Bertz CT molecular complexity index is 906. The molecule has 1 amide bonds. The van der Waals surface area contributed by atoms with Crippen molar-refractivity contribution in [2.45, 2.75) is 36.7 Å². The smallest absolute Gasteiger partial charge is 0.238 e. The topological polar surface area (TPSA) is 108 Å². The van der Waals surface area contributed by atoms with Crippen molar-refractivity contribution >= 4 is 21.6 Å². The molecule has 1 saturated heterocycles. The van der Waals surface area contributed by atoms with Gasteiger partial charge in [-0.3, -0.25) is 4.79 Å². The van der Waals surface area contributed by atoms with Gasteiger partial charge < -0.3 is 14.8 Å². The van der Waals surface area contributed by atoms with Crippen molar-refractivity contribution in [1.82, 2.24) is 0 Å². The van der Waals surface area contributed by atoms with Crippen LogP contribution in [0.2, 0.25) is 0 Å². The molecule has 2 aromatic rings. The van der Waals surface area contributed by atoms with Gasteiger partial charge in [0, 0.05) is 6.61 Å². The molecule has 1 heterocycles. The first kappa shape index (κ1) is 20.3. The van der Waals surface area contributed by atoms with E-state index >= 15 is 0 Å². The number of rotatable bonds is 7. The van der Waals surface area contributed by atoms with E-state index in [2.05, 4.69) is 5.32 Å². The van der Waals surface area contributed by atoms with Crippen LogP contribution >= 0.6 is 0 Å². The molecule has 7 nitrogen and oxygen atoms in total. The number of para-hydroxylation sites is 2. The fourth-order valence-electron chi connectivity index (χ4n) is 2.99. The Balaban J connectivity index is 1.59. The van der Waals surface area contributed by atoms with Gasteiger partial charge in [0.2, 0.25) is 15.9 Å². The summed E-state index contributed by atoms with van der Waals surface area (Å²) in [5, 5.41) is 7.92. The zero-order valence-corrected chi connectivity index (χ0v) is 16.3. The Kier molecular flexibility index (Phi) is 6.66. The molecule has 1 fully saturated rings. The molecule has 0 radical (unpaired) electrons. The number of sulfonamides is 1. The van der Waals surface area contributed by atoms with Crippen molar-refractivity contribution in [2.75, 3.05) is 18.5 Å². The highest BCUT2D eigenvalue weighted by atomic mass is 32.2. The summed E-state index contributed by atoms with van der Waals surface area (Å²) >= 11 is 0. The maximum atomic E-state index is 12.4. The van der Waals surface area contributed by atoms with Crippen molar-refractivity contribution in [3.8, 4) is 5.75 Å². The molecule has 0 bridgehead atoms. The maximum absolute atomic E-state index is 12.4. The summed E-state index contributed by atoms with van der Waals surface area (Å²) in [5.74, 6) is 0.364. The minimum absolute atomic E-state index is 0.0142. The number of hydrogen-bond acceptors (Lipinski definition) is 5. The van der Waals surface area contributed by atoms with Gasteiger partial charge in [0.05, 0.1) is 23.1 Å². The highest BCUT2D eigenvalue weighted by Gasteiger charge is 2.16. The summed E-state index contributed by atoms with van der Waals surface area (Å²) in [6.45, 7) is 1.21. The number of amides is 1. The molecule has 1 aliphatic heterocycles. The van der Waals surface area contributed by atoms with Crippen LogP contribution in [-0.2, 0) is 26.0 Å². The Morgan fingerprint density at radius 1 is 1.14 bits per heavy atom. The molecular weight excluding hydrogens is 380 g/mol. The zero-order chi connectivity index (χ0) is 20.0. The number of primary sulfonamides is 1. The number of hydrogen-bond donors (Lipinski definition) is 2. The summed E-state index contributed by atoms with van der Waals surface area (Å²) in [5.41, 5.74) is 1.27. The fraction of sp³-hybridized carbons (Fsp3) is 0.350. The van der Waals surface area contributed by atoms with Crippen LogP contribution in [0.1, 0.15) is 24.8 Å². The lowest BCUT2D eigenvalue weighted by Gasteiger charge is -2.23. The summed E-state index contributed by atoms with van der Waals surface area (Å²) in [6, 6.07) is 13.2. The first-order chi connectivity index (χ1) is 13.4. The van der Waals surface area contributed by atoms with E-state index in [0.717, 1.165) is 25.9 Å². The molecule has 1 aliphatic rings. The largest absolute Gasteiger partial charge is 0.489 e. The van der Waals surface area contributed by atoms with E-state index < -0.39 is 10.0 Å². The number of nitrogens with one attached hydrogen (secondary N) is 1. The molecule has 1 unspecified atom stereocenters. The second-order valence-electron chi connectivity index (χ2n) is 6.71. The van der Waals surface area contributed by atoms with Crippen molar-refractivity contribution in [3.05, 3.63) is 54.1 Å². The second-order valence-corrected chi connectivity index (χ2v) is 8.27. The lowest BCUT2D eigenvalue weighted by atomic mass is 10.1. The van der Waals surface area contributed by atoms with Gasteiger partial charge in [-0.25, -0.2) is 13.6 Å². The standard InChI is InChI=1S/C20H24N2O5S/c21-28(24,25)17-10-8-15(9-11-17)13-20(23)22-18-6-1-2-7-19(18)27-14-16-5-3-4-12-26-16/h1-2,6-11,16H,3-5,12-14H2,(H,22,23)(H2,21,24,25). The Labute approximate surface area is 164 Å². The Morgan fingerprint density at radius 2 is 1.89 bits per heavy atom. The average molecular weight is 404 g/mol. The minimum Gasteiger partial charge on any atom is -0.489 e. The molecule has 3 N–H and O–H groups in total. The molecule has 0 aliphatic carbocycles. The second kappa shape index (κ2) is 9.18. The third kappa shape index (κ3) is 5.79. The van der Waals surface area contributed by atoms with Gasteiger partial charge in [0.15, 0.2) is 0 Å². The fourth-order valence-corrected chi connectivity index (χ4v) is 3.51. The molecule has 0 saturated carbocycles. The van der Waals surface area contributed by atoms with E-state index in [-0.39, 0.29) is 23.3 Å². The normalized spacial score (nSPS) is 17.1. The van der Waals surface area contributed by atoms with Gasteiger partial charge in [-0.2, -0.15) is 0 Å². The first-order valence-electron chi connectivity index (χ1n) is 9.17. The molecule has 2 aromatic carbocycles. The van der Waals surface area contributed by atoms with Gasteiger partial charge in [-0.05, 0) is 49.1 Å². The van der Waals surface area contributed by atoms with Crippen LogP contribution in [0.25, 0.3) is 0 Å². The van der Waals surface area contributed by atoms with Gasteiger partial charge in [0.25, 0.3) is 0 Å². The molecule has 0 aromatic heterocycles. The van der Waals surface area contributed by atoms with E-state index in [1.807, 2.05) is 12.1 Å². The number of ether oxygens (including phenoxy) is 2. The third-order valence-corrected chi connectivity index (χ3v) is 5.41. The summed E-state index contributed by atoms with van der Waals surface area (Å²) < 4.78 is 34.1. The molecular formula is C20H24N2O5S. The Hall–Kier alpha value is -2.42. The van der Waals surface area contributed by atoms with Crippen LogP contribution < -0.4 is 15.2 Å². The number of carbonyl (C=O) groups is 1.